The monoisotopic (exact) mass is 474 g/mol. The van der Waals surface area contributed by atoms with E-state index in [1.54, 1.807) is 39.1 Å². The lowest BCUT2D eigenvalue weighted by atomic mass is 10.2. The topological polar surface area (TPSA) is 123 Å². The first-order valence-corrected chi connectivity index (χ1v) is 10.8. The summed E-state index contributed by atoms with van der Waals surface area (Å²) in [5.41, 5.74) is 0.264. The van der Waals surface area contributed by atoms with Gasteiger partial charge in [0, 0.05) is 11.1 Å². The van der Waals surface area contributed by atoms with Crippen molar-refractivity contribution in [2.45, 2.75) is 39.7 Å². The number of hydrogen-bond acceptors (Lipinski definition) is 7. The number of nitrogens with zero attached hydrogens (tertiary/aromatic N) is 1. The summed E-state index contributed by atoms with van der Waals surface area (Å²) in [6, 6.07) is 5.34. The van der Waals surface area contributed by atoms with Crippen LogP contribution in [0.4, 0.5) is 25.7 Å². The maximum absolute atomic E-state index is 14.0. The molecule has 33 heavy (non-hydrogen) atoms. The summed E-state index contributed by atoms with van der Waals surface area (Å²) in [4.78, 5) is 40.8. The predicted octanol–water partition coefficient (Wildman–Crippen LogP) is 4.96. The van der Waals surface area contributed by atoms with Crippen molar-refractivity contribution in [1.82, 2.24) is 4.98 Å². The fraction of sp³-hybridized carbons (Fsp3) is 0.273. The van der Waals surface area contributed by atoms with E-state index >= 15 is 0 Å². The first-order valence-electron chi connectivity index (χ1n) is 9.89. The van der Waals surface area contributed by atoms with E-state index in [-0.39, 0.29) is 23.7 Å². The number of ether oxygens (including phenoxy) is 1. The highest BCUT2D eigenvalue weighted by Crippen LogP contribution is 2.22. The normalized spacial score (nSPS) is 11.1. The Hall–Kier alpha value is -3.73. The third-order valence-electron chi connectivity index (χ3n) is 4.10. The molecule has 0 radical (unpaired) electrons. The van der Waals surface area contributed by atoms with Gasteiger partial charge in [0.2, 0.25) is 5.91 Å². The highest BCUT2D eigenvalue weighted by atomic mass is 32.1. The van der Waals surface area contributed by atoms with Crippen molar-refractivity contribution in [2.24, 2.45) is 0 Å². The minimum Gasteiger partial charge on any atom is -0.469 e. The Bertz CT molecular complexity index is 1180. The quantitative estimate of drug-likeness (QED) is 0.464. The lowest BCUT2D eigenvalue weighted by Crippen LogP contribution is -2.27. The van der Waals surface area contributed by atoms with E-state index < -0.39 is 23.4 Å². The van der Waals surface area contributed by atoms with Crippen LogP contribution in [0.25, 0.3) is 0 Å². The molecule has 0 bridgehead atoms. The van der Waals surface area contributed by atoms with Crippen molar-refractivity contribution in [3.8, 4) is 0 Å². The van der Waals surface area contributed by atoms with Crippen LogP contribution >= 0.6 is 11.3 Å². The molecule has 0 aliphatic rings. The van der Waals surface area contributed by atoms with Gasteiger partial charge in [-0.05, 0) is 52.0 Å². The van der Waals surface area contributed by atoms with Gasteiger partial charge < -0.3 is 14.5 Å². The van der Waals surface area contributed by atoms with E-state index in [1.165, 1.54) is 29.7 Å². The molecule has 3 aromatic rings. The van der Waals surface area contributed by atoms with E-state index in [0.29, 0.717) is 22.1 Å². The van der Waals surface area contributed by atoms with Gasteiger partial charge in [0.25, 0.3) is 5.91 Å². The number of aryl methyl sites for hydroxylation is 1. The van der Waals surface area contributed by atoms with Crippen molar-refractivity contribution in [2.75, 3.05) is 16.0 Å². The summed E-state index contributed by atoms with van der Waals surface area (Å²) in [6.45, 7) is 6.74. The van der Waals surface area contributed by atoms with Crippen LogP contribution in [0.5, 0.6) is 0 Å². The highest BCUT2D eigenvalue weighted by Gasteiger charge is 2.18. The van der Waals surface area contributed by atoms with Gasteiger partial charge in [-0.15, -0.1) is 11.3 Å². The number of furan rings is 1. The molecule has 0 fully saturated rings. The molecule has 2 heterocycles. The number of rotatable bonds is 6. The molecular formula is C22H23FN4O5S. The lowest BCUT2D eigenvalue weighted by Gasteiger charge is -2.20. The van der Waals surface area contributed by atoms with Crippen LogP contribution in [-0.2, 0) is 16.0 Å². The second-order valence-corrected chi connectivity index (χ2v) is 8.89. The molecule has 2 aromatic heterocycles. The van der Waals surface area contributed by atoms with Crippen LogP contribution in [0, 0.1) is 12.7 Å². The van der Waals surface area contributed by atoms with Crippen molar-refractivity contribution >= 4 is 45.8 Å². The van der Waals surface area contributed by atoms with Crippen LogP contribution in [0.1, 0.15) is 42.6 Å². The largest absolute Gasteiger partial charge is 0.469 e. The van der Waals surface area contributed by atoms with E-state index in [4.69, 9.17) is 9.15 Å². The molecule has 9 nitrogen and oxygen atoms in total. The maximum atomic E-state index is 14.0. The Morgan fingerprint density at radius 2 is 1.91 bits per heavy atom. The van der Waals surface area contributed by atoms with E-state index in [1.807, 2.05) is 0 Å². The second kappa shape index (κ2) is 9.82. The van der Waals surface area contributed by atoms with Gasteiger partial charge >= 0.3 is 6.09 Å². The standard InChI is InChI=1S/C22H23FN4O5S/c1-12-15(7-8-31-12)19(29)27-20-25-14(11-33-20)10-18(28)24-13-5-6-16(23)17(9-13)26-21(30)32-22(2,3)4/h5-9,11H,10H2,1-4H3,(H,24,28)(H,26,30)(H,25,27,29). The number of amides is 3. The van der Waals surface area contributed by atoms with Crippen molar-refractivity contribution in [3.63, 3.8) is 0 Å². The average molecular weight is 475 g/mol. The molecule has 0 atom stereocenters. The maximum Gasteiger partial charge on any atom is 0.412 e. The predicted molar refractivity (Wildman–Crippen MR) is 122 cm³/mol. The molecule has 1 aromatic carbocycles. The number of nitrogens with one attached hydrogen (secondary N) is 3. The van der Waals surface area contributed by atoms with Gasteiger partial charge in [0.15, 0.2) is 5.13 Å². The van der Waals surface area contributed by atoms with Crippen LogP contribution < -0.4 is 16.0 Å². The van der Waals surface area contributed by atoms with Crippen molar-refractivity contribution in [3.05, 3.63) is 58.7 Å². The van der Waals surface area contributed by atoms with Crippen LogP contribution in [0.3, 0.4) is 0 Å². The summed E-state index contributed by atoms with van der Waals surface area (Å²) < 4.78 is 24.3. The SMILES string of the molecule is Cc1occc1C(=O)Nc1nc(CC(=O)Nc2ccc(F)c(NC(=O)OC(C)(C)C)c2)cs1. The van der Waals surface area contributed by atoms with E-state index in [2.05, 4.69) is 20.9 Å². The lowest BCUT2D eigenvalue weighted by molar-refractivity contribution is -0.115. The van der Waals surface area contributed by atoms with E-state index in [0.717, 1.165) is 6.07 Å². The Kier molecular flexibility index (Phi) is 7.12. The summed E-state index contributed by atoms with van der Waals surface area (Å²) >= 11 is 1.18. The van der Waals surface area contributed by atoms with Crippen LogP contribution in [0.15, 0.2) is 40.3 Å². The number of halogens is 1. The molecule has 0 aliphatic carbocycles. The minimum atomic E-state index is -0.812. The fourth-order valence-corrected chi connectivity index (χ4v) is 3.42. The number of carbonyl (C=O) groups is 3. The zero-order valence-corrected chi connectivity index (χ0v) is 19.3. The molecule has 11 heteroatoms. The highest BCUT2D eigenvalue weighted by molar-refractivity contribution is 7.14. The first-order chi connectivity index (χ1) is 15.5. The number of anilines is 3. The molecule has 0 saturated carbocycles. The van der Waals surface area contributed by atoms with Gasteiger partial charge in [-0.2, -0.15) is 0 Å². The molecule has 3 N–H and O–H groups in total. The molecule has 3 rings (SSSR count). The molecule has 0 aliphatic heterocycles. The molecule has 174 valence electrons. The van der Waals surface area contributed by atoms with Gasteiger partial charge in [-0.25, -0.2) is 14.2 Å². The Labute approximate surface area is 193 Å². The number of hydrogen-bond donors (Lipinski definition) is 3. The van der Waals surface area contributed by atoms with Gasteiger partial charge in [0.1, 0.15) is 17.2 Å². The van der Waals surface area contributed by atoms with Gasteiger partial charge in [-0.3, -0.25) is 20.2 Å². The number of carbonyl (C=O) groups excluding carboxylic acids is 3. The van der Waals surface area contributed by atoms with Crippen LogP contribution in [0.2, 0.25) is 0 Å². The molecule has 0 saturated heterocycles. The minimum absolute atomic E-state index is 0.0662. The number of thiazole rings is 1. The first kappa shape index (κ1) is 23.9. The molecule has 3 amide bonds. The summed E-state index contributed by atoms with van der Waals surface area (Å²) in [5, 5.41) is 9.60. The molecule has 0 spiro atoms. The summed E-state index contributed by atoms with van der Waals surface area (Å²) in [7, 11) is 0. The third kappa shape index (κ3) is 6.88. The average Bonchev–Trinajstić information content (AvgIpc) is 3.31. The second-order valence-electron chi connectivity index (χ2n) is 8.04. The summed E-state index contributed by atoms with van der Waals surface area (Å²) in [5.74, 6) is -0.948. The Morgan fingerprint density at radius 3 is 2.58 bits per heavy atom. The summed E-state index contributed by atoms with van der Waals surface area (Å²) in [6.07, 6.45) is 0.544. The fourth-order valence-electron chi connectivity index (χ4n) is 2.71. The molecule has 0 unspecified atom stereocenters. The zero-order valence-electron chi connectivity index (χ0n) is 18.4. The third-order valence-corrected chi connectivity index (χ3v) is 4.91. The smallest absolute Gasteiger partial charge is 0.412 e. The zero-order chi connectivity index (χ0) is 24.2. The van der Waals surface area contributed by atoms with Gasteiger partial charge in [0.05, 0.1) is 29.6 Å². The number of aromatic nitrogens is 1. The van der Waals surface area contributed by atoms with E-state index in [9.17, 15) is 18.8 Å². The number of benzene rings is 1. The Morgan fingerprint density at radius 1 is 1.15 bits per heavy atom. The van der Waals surface area contributed by atoms with Gasteiger partial charge in [-0.1, -0.05) is 0 Å². The van der Waals surface area contributed by atoms with Crippen molar-refractivity contribution < 1.29 is 27.9 Å². The van der Waals surface area contributed by atoms with Crippen molar-refractivity contribution in [1.29, 1.82) is 0 Å². The molecular weight excluding hydrogens is 451 g/mol. The van der Waals surface area contributed by atoms with Crippen LogP contribution in [-0.4, -0.2) is 28.5 Å². The Balaban J connectivity index is 1.58.